The van der Waals surface area contributed by atoms with E-state index in [9.17, 15) is 22.8 Å². The molecule has 0 aliphatic rings. The van der Waals surface area contributed by atoms with E-state index in [0.717, 1.165) is 12.1 Å². The zero-order valence-electron chi connectivity index (χ0n) is 14.9. The fourth-order valence-corrected chi connectivity index (χ4v) is 2.70. The highest BCUT2D eigenvalue weighted by atomic mass is 19.4. The molecule has 1 aromatic heterocycles. The number of carbonyl (C=O) groups is 2. The first-order chi connectivity index (χ1) is 12.6. The highest BCUT2D eigenvalue weighted by Gasteiger charge is 2.30. The molecule has 0 aliphatic carbocycles. The summed E-state index contributed by atoms with van der Waals surface area (Å²) in [6.07, 6.45) is -3.58. The number of carboxylic acid groups (broad SMARTS) is 1. The minimum Gasteiger partial charge on any atom is -0.478 e. The average molecular weight is 383 g/mol. The number of aryl methyl sites for hydroxylation is 1. The SMILES string of the molecule is CCC(Cc1ccc(C(F)(F)F)cc1)C(=O)NCc1cc(C(=O)O)c(C)o1. The van der Waals surface area contributed by atoms with Crippen LogP contribution in [0.5, 0.6) is 0 Å². The zero-order valence-corrected chi connectivity index (χ0v) is 14.9. The van der Waals surface area contributed by atoms with E-state index in [1.54, 1.807) is 0 Å². The van der Waals surface area contributed by atoms with Gasteiger partial charge in [-0.25, -0.2) is 4.79 Å². The van der Waals surface area contributed by atoms with Crippen LogP contribution in [0, 0.1) is 12.8 Å². The minimum atomic E-state index is -4.39. The number of rotatable bonds is 7. The van der Waals surface area contributed by atoms with Crippen LogP contribution < -0.4 is 5.32 Å². The van der Waals surface area contributed by atoms with Crippen LogP contribution in [-0.2, 0) is 23.9 Å². The highest BCUT2D eigenvalue weighted by molar-refractivity contribution is 5.88. The summed E-state index contributed by atoms with van der Waals surface area (Å²) in [5, 5.41) is 11.7. The highest BCUT2D eigenvalue weighted by Crippen LogP contribution is 2.29. The van der Waals surface area contributed by atoms with Gasteiger partial charge in [-0.3, -0.25) is 4.79 Å². The number of furan rings is 1. The second-order valence-electron chi connectivity index (χ2n) is 6.21. The van der Waals surface area contributed by atoms with Gasteiger partial charge in [0.2, 0.25) is 5.91 Å². The van der Waals surface area contributed by atoms with Crippen LogP contribution in [0.2, 0.25) is 0 Å². The van der Waals surface area contributed by atoms with Crippen molar-refractivity contribution in [3.8, 4) is 0 Å². The van der Waals surface area contributed by atoms with Crippen LogP contribution in [-0.4, -0.2) is 17.0 Å². The Morgan fingerprint density at radius 2 is 1.85 bits per heavy atom. The molecular formula is C19H20F3NO4. The molecule has 0 fully saturated rings. The Labute approximate surface area is 154 Å². The predicted octanol–water partition coefficient (Wildman–Crippen LogP) is 4.19. The van der Waals surface area contributed by atoms with Gasteiger partial charge in [0.25, 0.3) is 0 Å². The van der Waals surface area contributed by atoms with Crippen molar-refractivity contribution in [2.24, 2.45) is 5.92 Å². The van der Waals surface area contributed by atoms with Crippen molar-refractivity contribution in [3.05, 3.63) is 58.5 Å². The van der Waals surface area contributed by atoms with Gasteiger partial charge in [0.15, 0.2) is 0 Å². The van der Waals surface area contributed by atoms with E-state index in [-0.39, 0.29) is 23.8 Å². The Morgan fingerprint density at radius 3 is 2.33 bits per heavy atom. The second-order valence-corrected chi connectivity index (χ2v) is 6.21. The molecule has 0 spiro atoms. The molecule has 0 saturated heterocycles. The topological polar surface area (TPSA) is 79.5 Å². The van der Waals surface area contributed by atoms with Crippen LogP contribution in [0.15, 0.2) is 34.7 Å². The van der Waals surface area contributed by atoms with Crippen molar-refractivity contribution >= 4 is 11.9 Å². The first kappa shape index (κ1) is 20.5. The van der Waals surface area contributed by atoms with E-state index >= 15 is 0 Å². The Hall–Kier alpha value is -2.77. The van der Waals surface area contributed by atoms with Crippen LogP contribution in [0.4, 0.5) is 13.2 Å². The number of benzene rings is 1. The Balaban J connectivity index is 1.97. The van der Waals surface area contributed by atoms with Crippen molar-refractivity contribution in [2.45, 2.75) is 39.4 Å². The quantitative estimate of drug-likeness (QED) is 0.751. The molecule has 5 nitrogen and oxygen atoms in total. The van der Waals surface area contributed by atoms with Gasteiger partial charge in [-0.2, -0.15) is 13.2 Å². The normalized spacial score (nSPS) is 12.6. The van der Waals surface area contributed by atoms with Crippen molar-refractivity contribution in [1.29, 1.82) is 0 Å². The van der Waals surface area contributed by atoms with Gasteiger partial charge in [0, 0.05) is 5.92 Å². The summed E-state index contributed by atoms with van der Waals surface area (Å²) in [6.45, 7) is 3.37. The van der Waals surface area contributed by atoms with Crippen LogP contribution in [0.25, 0.3) is 0 Å². The number of halogens is 3. The lowest BCUT2D eigenvalue weighted by molar-refractivity contribution is -0.137. The summed E-state index contributed by atoms with van der Waals surface area (Å²) in [5.41, 5.74) is -0.0609. The van der Waals surface area contributed by atoms with E-state index in [1.165, 1.54) is 25.1 Å². The minimum absolute atomic E-state index is 0.0380. The molecule has 0 aliphatic heterocycles. The average Bonchev–Trinajstić information content (AvgIpc) is 2.98. The second kappa shape index (κ2) is 8.28. The smallest absolute Gasteiger partial charge is 0.416 e. The summed E-state index contributed by atoms with van der Waals surface area (Å²) in [6, 6.07) is 6.09. The molecule has 0 radical (unpaired) electrons. The van der Waals surface area contributed by atoms with Gasteiger partial charge < -0.3 is 14.8 Å². The molecule has 8 heteroatoms. The first-order valence-corrected chi connectivity index (χ1v) is 8.38. The van der Waals surface area contributed by atoms with Crippen molar-refractivity contribution in [1.82, 2.24) is 5.32 Å². The molecule has 2 rings (SSSR count). The number of alkyl halides is 3. The van der Waals surface area contributed by atoms with E-state index in [1.807, 2.05) is 6.92 Å². The summed E-state index contributed by atoms with van der Waals surface area (Å²) in [5.74, 6) is -1.23. The van der Waals surface area contributed by atoms with Gasteiger partial charge in [0.05, 0.1) is 12.1 Å². The summed E-state index contributed by atoms with van der Waals surface area (Å²) in [4.78, 5) is 23.4. The number of hydrogen-bond acceptors (Lipinski definition) is 3. The Bertz CT molecular complexity index is 809. The number of carboxylic acids is 1. The lowest BCUT2D eigenvalue weighted by atomic mass is 9.95. The number of nitrogens with one attached hydrogen (secondary N) is 1. The van der Waals surface area contributed by atoms with Crippen LogP contribution >= 0.6 is 0 Å². The van der Waals surface area contributed by atoms with Crippen molar-refractivity contribution in [2.75, 3.05) is 0 Å². The number of amides is 1. The molecule has 1 heterocycles. The number of hydrogen-bond donors (Lipinski definition) is 2. The summed E-state index contributed by atoms with van der Waals surface area (Å²) in [7, 11) is 0. The van der Waals surface area contributed by atoms with Gasteiger partial charge in [-0.05, 0) is 43.5 Å². The van der Waals surface area contributed by atoms with E-state index < -0.39 is 23.6 Å². The first-order valence-electron chi connectivity index (χ1n) is 8.38. The Morgan fingerprint density at radius 1 is 1.22 bits per heavy atom. The molecule has 2 aromatic rings. The maximum Gasteiger partial charge on any atom is 0.416 e. The largest absolute Gasteiger partial charge is 0.478 e. The Kier molecular flexibility index (Phi) is 6.30. The molecule has 1 aromatic carbocycles. The third-order valence-electron chi connectivity index (χ3n) is 4.26. The standard InChI is InChI=1S/C19H20F3NO4/c1-3-13(8-12-4-6-14(7-5-12)19(20,21)22)17(24)23-10-15-9-16(18(25)26)11(2)27-15/h4-7,9,13H,3,8,10H2,1-2H3,(H,23,24)(H,25,26). The number of aromatic carboxylic acids is 1. The van der Waals surface area contributed by atoms with Gasteiger partial charge in [0.1, 0.15) is 17.1 Å². The molecule has 0 bridgehead atoms. The molecule has 27 heavy (non-hydrogen) atoms. The van der Waals surface area contributed by atoms with Gasteiger partial charge in [-0.15, -0.1) is 0 Å². The van der Waals surface area contributed by atoms with E-state index in [4.69, 9.17) is 9.52 Å². The zero-order chi connectivity index (χ0) is 20.2. The maximum absolute atomic E-state index is 12.6. The van der Waals surface area contributed by atoms with Crippen LogP contribution in [0.1, 0.15) is 46.3 Å². The van der Waals surface area contributed by atoms with E-state index in [2.05, 4.69) is 5.32 Å². The molecule has 146 valence electrons. The fraction of sp³-hybridized carbons (Fsp3) is 0.368. The molecule has 0 saturated carbocycles. The van der Waals surface area contributed by atoms with Crippen molar-refractivity contribution in [3.63, 3.8) is 0 Å². The third kappa shape index (κ3) is 5.35. The fourth-order valence-electron chi connectivity index (χ4n) is 2.70. The lowest BCUT2D eigenvalue weighted by Gasteiger charge is -2.15. The number of carbonyl (C=O) groups excluding carboxylic acids is 1. The van der Waals surface area contributed by atoms with Crippen LogP contribution in [0.3, 0.4) is 0 Å². The molecular weight excluding hydrogens is 363 g/mol. The predicted molar refractivity (Wildman–Crippen MR) is 91.2 cm³/mol. The van der Waals surface area contributed by atoms with Gasteiger partial charge >= 0.3 is 12.1 Å². The summed E-state index contributed by atoms with van der Waals surface area (Å²) >= 11 is 0. The van der Waals surface area contributed by atoms with E-state index in [0.29, 0.717) is 24.2 Å². The maximum atomic E-state index is 12.6. The molecule has 1 atom stereocenters. The lowest BCUT2D eigenvalue weighted by Crippen LogP contribution is -2.31. The molecule has 1 amide bonds. The molecule has 2 N–H and O–H groups in total. The van der Waals surface area contributed by atoms with Gasteiger partial charge in [-0.1, -0.05) is 19.1 Å². The van der Waals surface area contributed by atoms with Crippen molar-refractivity contribution < 1.29 is 32.3 Å². The third-order valence-corrected chi connectivity index (χ3v) is 4.26. The monoisotopic (exact) mass is 383 g/mol. The summed E-state index contributed by atoms with van der Waals surface area (Å²) < 4.78 is 43.1. The molecule has 1 unspecified atom stereocenters.